The second kappa shape index (κ2) is 5.01. The minimum Gasteiger partial charge on any atom is -0.306 e. The van der Waals surface area contributed by atoms with Gasteiger partial charge in [0.25, 0.3) is 0 Å². The van der Waals surface area contributed by atoms with Gasteiger partial charge in [0.05, 0.1) is 0 Å². The number of halogens is 1. The Kier molecular flexibility index (Phi) is 3.85. The fraction of sp³-hybridized carbons (Fsp3) is 1.00. The standard InChI is InChI=1S/C13H25FN2/c1-12-3-7-16(8-4-12)11-13(14)5-9-15(2)10-6-13/h12H,3-11H2,1-2H3. The van der Waals surface area contributed by atoms with Crippen molar-refractivity contribution in [3.8, 4) is 0 Å². The van der Waals surface area contributed by atoms with Crippen LogP contribution in [0.5, 0.6) is 0 Å². The highest BCUT2D eigenvalue weighted by Crippen LogP contribution is 2.28. The third-order valence-corrected chi connectivity index (χ3v) is 4.27. The molecule has 2 saturated heterocycles. The molecule has 0 aromatic heterocycles. The van der Waals surface area contributed by atoms with E-state index in [4.69, 9.17) is 0 Å². The van der Waals surface area contributed by atoms with Gasteiger partial charge < -0.3 is 9.80 Å². The second-order valence-corrected chi connectivity index (χ2v) is 5.91. The van der Waals surface area contributed by atoms with Crippen LogP contribution in [0, 0.1) is 5.92 Å². The van der Waals surface area contributed by atoms with Gasteiger partial charge in [-0.1, -0.05) is 6.92 Å². The van der Waals surface area contributed by atoms with Gasteiger partial charge in [-0.3, -0.25) is 0 Å². The van der Waals surface area contributed by atoms with E-state index in [1.165, 1.54) is 12.8 Å². The molecule has 2 aliphatic heterocycles. The van der Waals surface area contributed by atoms with Crippen molar-refractivity contribution in [3.05, 3.63) is 0 Å². The maximum absolute atomic E-state index is 14.6. The van der Waals surface area contributed by atoms with Gasteiger partial charge in [-0.15, -0.1) is 0 Å². The lowest BCUT2D eigenvalue weighted by Gasteiger charge is -2.40. The molecule has 0 spiro atoms. The molecule has 0 atom stereocenters. The Morgan fingerprint density at radius 3 is 2.25 bits per heavy atom. The van der Waals surface area contributed by atoms with Crippen LogP contribution < -0.4 is 0 Å². The lowest BCUT2D eigenvalue weighted by atomic mass is 9.91. The monoisotopic (exact) mass is 228 g/mol. The predicted molar refractivity (Wildman–Crippen MR) is 65.4 cm³/mol. The molecule has 2 rings (SSSR count). The first-order valence-electron chi connectivity index (χ1n) is 6.67. The molecule has 0 aliphatic carbocycles. The molecule has 2 aliphatic rings. The second-order valence-electron chi connectivity index (χ2n) is 5.91. The van der Waals surface area contributed by atoms with Crippen LogP contribution >= 0.6 is 0 Å². The van der Waals surface area contributed by atoms with Crippen molar-refractivity contribution < 1.29 is 4.39 Å². The Labute approximate surface area is 98.8 Å². The maximum atomic E-state index is 14.6. The van der Waals surface area contributed by atoms with Crippen LogP contribution in [0.2, 0.25) is 0 Å². The lowest BCUT2D eigenvalue weighted by molar-refractivity contribution is 0.0220. The topological polar surface area (TPSA) is 6.48 Å². The Balaban J connectivity index is 1.80. The minimum absolute atomic E-state index is 0.674. The number of hydrogen-bond acceptors (Lipinski definition) is 2. The summed E-state index contributed by atoms with van der Waals surface area (Å²) in [4.78, 5) is 4.57. The van der Waals surface area contributed by atoms with Gasteiger partial charge in [-0.05, 0) is 51.7 Å². The summed E-state index contributed by atoms with van der Waals surface area (Å²) in [6.07, 6.45) is 3.93. The van der Waals surface area contributed by atoms with Crippen LogP contribution in [-0.2, 0) is 0 Å². The van der Waals surface area contributed by atoms with Crippen LogP contribution in [0.1, 0.15) is 32.6 Å². The highest BCUT2D eigenvalue weighted by molar-refractivity contribution is 4.89. The molecule has 94 valence electrons. The van der Waals surface area contributed by atoms with Gasteiger partial charge in [-0.2, -0.15) is 0 Å². The van der Waals surface area contributed by atoms with E-state index in [9.17, 15) is 4.39 Å². The number of hydrogen-bond donors (Lipinski definition) is 0. The van der Waals surface area contributed by atoms with E-state index >= 15 is 0 Å². The zero-order valence-corrected chi connectivity index (χ0v) is 10.7. The van der Waals surface area contributed by atoms with E-state index in [0.717, 1.165) is 44.9 Å². The highest BCUT2D eigenvalue weighted by Gasteiger charge is 2.35. The fourth-order valence-electron chi connectivity index (χ4n) is 2.80. The summed E-state index contributed by atoms with van der Waals surface area (Å²) in [6.45, 7) is 7.01. The minimum atomic E-state index is -0.910. The largest absolute Gasteiger partial charge is 0.306 e. The van der Waals surface area contributed by atoms with Crippen LogP contribution in [0.4, 0.5) is 4.39 Å². The number of piperidine rings is 2. The van der Waals surface area contributed by atoms with E-state index in [0.29, 0.717) is 6.54 Å². The van der Waals surface area contributed by atoms with Crippen LogP contribution in [0.3, 0.4) is 0 Å². The van der Waals surface area contributed by atoms with Crippen LogP contribution in [0.15, 0.2) is 0 Å². The summed E-state index contributed by atoms with van der Waals surface area (Å²) in [5, 5.41) is 0. The first-order chi connectivity index (χ1) is 7.57. The third kappa shape index (κ3) is 3.17. The normalized spacial score (nSPS) is 29.4. The first kappa shape index (κ1) is 12.3. The molecule has 0 N–H and O–H groups in total. The molecule has 2 heterocycles. The Bertz CT molecular complexity index is 216. The van der Waals surface area contributed by atoms with Crippen molar-refractivity contribution in [1.29, 1.82) is 0 Å². The van der Waals surface area contributed by atoms with Crippen molar-refractivity contribution >= 4 is 0 Å². The van der Waals surface area contributed by atoms with E-state index in [1.54, 1.807) is 0 Å². The quantitative estimate of drug-likeness (QED) is 0.714. The summed E-state index contributed by atoms with van der Waals surface area (Å²) < 4.78 is 14.6. The molecular weight excluding hydrogens is 203 g/mol. The molecular formula is C13H25FN2. The van der Waals surface area contributed by atoms with Crippen molar-refractivity contribution in [2.75, 3.05) is 39.8 Å². The molecule has 2 fully saturated rings. The summed E-state index contributed by atoms with van der Waals surface area (Å²) in [5.74, 6) is 0.837. The molecule has 3 heteroatoms. The maximum Gasteiger partial charge on any atom is 0.126 e. The molecule has 16 heavy (non-hydrogen) atoms. The van der Waals surface area contributed by atoms with Gasteiger partial charge in [0.2, 0.25) is 0 Å². The summed E-state index contributed by atoms with van der Waals surface area (Å²) in [6, 6.07) is 0. The van der Waals surface area contributed by atoms with Crippen LogP contribution in [0.25, 0.3) is 0 Å². The van der Waals surface area contributed by atoms with Crippen LogP contribution in [-0.4, -0.2) is 55.2 Å². The Morgan fingerprint density at radius 2 is 1.69 bits per heavy atom. The van der Waals surface area contributed by atoms with Gasteiger partial charge >= 0.3 is 0 Å². The van der Waals surface area contributed by atoms with E-state index < -0.39 is 5.67 Å². The van der Waals surface area contributed by atoms with Gasteiger partial charge in [0, 0.05) is 19.6 Å². The number of nitrogens with zero attached hydrogens (tertiary/aromatic N) is 2. The average Bonchev–Trinajstić information content (AvgIpc) is 2.27. The molecule has 2 nitrogen and oxygen atoms in total. The smallest absolute Gasteiger partial charge is 0.126 e. The summed E-state index contributed by atoms with van der Waals surface area (Å²) in [5.41, 5.74) is -0.910. The third-order valence-electron chi connectivity index (χ3n) is 4.27. The van der Waals surface area contributed by atoms with Crippen molar-refractivity contribution in [1.82, 2.24) is 9.80 Å². The number of rotatable bonds is 2. The predicted octanol–water partition coefficient (Wildman–Crippen LogP) is 2.15. The Morgan fingerprint density at radius 1 is 1.12 bits per heavy atom. The summed E-state index contributed by atoms with van der Waals surface area (Å²) in [7, 11) is 2.09. The Hall–Kier alpha value is -0.150. The lowest BCUT2D eigenvalue weighted by Crippen LogP contribution is -2.49. The first-order valence-corrected chi connectivity index (χ1v) is 6.67. The number of likely N-dealkylation sites (tertiary alicyclic amines) is 2. The van der Waals surface area contributed by atoms with Crippen molar-refractivity contribution in [2.24, 2.45) is 5.92 Å². The van der Waals surface area contributed by atoms with Gasteiger partial charge in [0.15, 0.2) is 0 Å². The van der Waals surface area contributed by atoms with E-state index in [-0.39, 0.29) is 0 Å². The molecule has 0 amide bonds. The molecule has 0 aromatic carbocycles. The van der Waals surface area contributed by atoms with Gasteiger partial charge in [0.1, 0.15) is 5.67 Å². The van der Waals surface area contributed by atoms with E-state index in [2.05, 4.69) is 23.8 Å². The summed E-state index contributed by atoms with van der Waals surface area (Å²) >= 11 is 0. The number of alkyl halides is 1. The van der Waals surface area contributed by atoms with Crippen molar-refractivity contribution in [2.45, 2.75) is 38.3 Å². The highest BCUT2D eigenvalue weighted by atomic mass is 19.1. The molecule has 0 unspecified atom stereocenters. The zero-order chi connectivity index (χ0) is 11.6. The van der Waals surface area contributed by atoms with Crippen molar-refractivity contribution in [3.63, 3.8) is 0 Å². The van der Waals surface area contributed by atoms with E-state index in [1.807, 2.05) is 0 Å². The average molecular weight is 228 g/mol. The SMILES string of the molecule is CC1CCN(CC2(F)CCN(C)CC2)CC1. The zero-order valence-electron chi connectivity index (χ0n) is 10.7. The molecule has 0 bridgehead atoms. The van der Waals surface area contributed by atoms with Gasteiger partial charge in [-0.25, -0.2) is 4.39 Å². The molecule has 0 saturated carbocycles. The molecule has 0 radical (unpaired) electrons. The molecule has 0 aromatic rings. The fourth-order valence-corrected chi connectivity index (χ4v) is 2.80.